The Morgan fingerprint density at radius 1 is 1.15 bits per heavy atom. The quantitative estimate of drug-likeness (QED) is 0.402. The number of hydrazone groups is 1. The van der Waals surface area contributed by atoms with Gasteiger partial charge in [0.05, 0.1) is 25.3 Å². The molecule has 11 heteroatoms. The van der Waals surface area contributed by atoms with Gasteiger partial charge in [-0.25, -0.2) is 19.4 Å². The van der Waals surface area contributed by atoms with Crippen LogP contribution < -0.4 is 4.90 Å². The molecule has 3 amide bonds. The van der Waals surface area contributed by atoms with Crippen molar-refractivity contribution in [2.75, 3.05) is 33.3 Å². The molecule has 0 saturated heterocycles. The minimum atomic E-state index is -1.59. The number of fused-ring (bicyclic) bond motifs is 1. The summed E-state index contributed by atoms with van der Waals surface area (Å²) in [7, 11) is 5.04. The first kappa shape index (κ1) is 24.3. The highest BCUT2D eigenvalue weighted by Crippen LogP contribution is 2.43. The summed E-state index contributed by atoms with van der Waals surface area (Å²) >= 11 is 6.25. The molecule has 1 aromatic rings. The molecule has 10 nitrogen and oxygen atoms in total. The van der Waals surface area contributed by atoms with Crippen LogP contribution in [0, 0.1) is 0 Å². The smallest absolute Gasteiger partial charge is 0.422 e. The van der Waals surface area contributed by atoms with E-state index in [0.29, 0.717) is 12.0 Å². The first-order valence-corrected chi connectivity index (χ1v) is 10.3. The first-order valence-electron chi connectivity index (χ1n) is 9.91. The molecule has 0 radical (unpaired) electrons. The molecule has 176 valence electrons. The van der Waals surface area contributed by atoms with Gasteiger partial charge in [0.1, 0.15) is 11.5 Å². The Kier molecular flexibility index (Phi) is 7.09. The molecular weight excluding hydrogens is 454 g/mol. The van der Waals surface area contributed by atoms with Gasteiger partial charge in [0.15, 0.2) is 0 Å². The summed E-state index contributed by atoms with van der Waals surface area (Å²) in [6.07, 6.45) is 3.31. The topological polar surface area (TPSA) is 118 Å². The molecule has 0 spiro atoms. The van der Waals surface area contributed by atoms with E-state index in [2.05, 4.69) is 5.10 Å². The Labute approximate surface area is 195 Å². The Morgan fingerprint density at radius 3 is 2.39 bits per heavy atom. The number of alkyl halides is 1. The fourth-order valence-corrected chi connectivity index (χ4v) is 4.00. The van der Waals surface area contributed by atoms with Crippen molar-refractivity contribution in [1.82, 2.24) is 5.01 Å². The molecule has 1 saturated carbocycles. The lowest BCUT2D eigenvalue weighted by Gasteiger charge is -2.27. The van der Waals surface area contributed by atoms with Crippen LogP contribution in [0.5, 0.6) is 5.75 Å². The number of halogens is 1. The van der Waals surface area contributed by atoms with Crippen LogP contribution in [0.2, 0.25) is 0 Å². The molecule has 33 heavy (non-hydrogen) atoms. The number of ether oxygens (including phenoxy) is 3. The number of imide groups is 1. The molecule has 2 aliphatic rings. The summed E-state index contributed by atoms with van der Waals surface area (Å²) in [5.41, 5.74) is 0.0929. The van der Waals surface area contributed by atoms with Gasteiger partial charge in [-0.3, -0.25) is 0 Å². The molecule has 3 rings (SSSR count). The molecule has 2 unspecified atom stereocenters. The van der Waals surface area contributed by atoms with Crippen molar-refractivity contribution in [1.29, 1.82) is 0 Å². The molecule has 1 fully saturated rings. The zero-order valence-electron chi connectivity index (χ0n) is 18.6. The van der Waals surface area contributed by atoms with Crippen LogP contribution in [-0.4, -0.2) is 73.3 Å². The Morgan fingerprint density at radius 2 is 1.82 bits per heavy atom. The van der Waals surface area contributed by atoms with E-state index in [1.807, 2.05) is 12.2 Å². The van der Waals surface area contributed by atoms with Crippen LogP contribution in [0.3, 0.4) is 0 Å². The summed E-state index contributed by atoms with van der Waals surface area (Å²) in [4.78, 5) is 39.1. The fraction of sp³-hybridized carbons (Fsp3) is 0.364. The normalized spacial score (nSPS) is 22.7. The maximum atomic E-state index is 13.2. The monoisotopic (exact) mass is 477 g/mol. The highest BCUT2D eigenvalue weighted by Gasteiger charge is 2.54. The highest BCUT2D eigenvalue weighted by atomic mass is 35.5. The number of nitrogens with zero attached hydrogens (tertiary/aromatic N) is 3. The minimum absolute atomic E-state index is 0.0420. The zero-order valence-corrected chi connectivity index (χ0v) is 19.3. The van der Waals surface area contributed by atoms with E-state index in [-0.39, 0.29) is 28.9 Å². The van der Waals surface area contributed by atoms with Gasteiger partial charge in [-0.05, 0) is 36.3 Å². The minimum Gasteiger partial charge on any atom is -0.508 e. The number of hydrogen-bond acceptors (Lipinski definition) is 8. The number of amides is 3. The second-order valence-electron chi connectivity index (χ2n) is 7.34. The molecule has 2 aliphatic carbocycles. The molecule has 0 aliphatic heterocycles. The number of methoxy groups -OCH3 is 3. The number of phenolic OH excluding ortho intramolecular Hbond substituents is 1. The summed E-state index contributed by atoms with van der Waals surface area (Å²) < 4.78 is 15.3. The van der Waals surface area contributed by atoms with Crippen LogP contribution in [0.1, 0.15) is 12.8 Å². The van der Waals surface area contributed by atoms with E-state index in [9.17, 15) is 19.5 Å². The van der Waals surface area contributed by atoms with Crippen molar-refractivity contribution < 1.29 is 33.7 Å². The summed E-state index contributed by atoms with van der Waals surface area (Å²) in [5.74, 6) is -0.727. The van der Waals surface area contributed by atoms with Gasteiger partial charge < -0.3 is 19.3 Å². The Bertz CT molecular complexity index is 1050. The van der Waals surface area contributed by atoms with Gasteiger partial charge in [-0.15, -0.1) is 11.6 Å². The number of anilines is 1. The molecule has 0 bridgehead atoms. The molecule has 0 heterocycles. The number of aromatic hydroxyl groups is 1. The van der Waals surface area contributed by atoms with Gasteiger partial charge >= 0.3 is 18.1 Å². The number of benzene rings is 1. The van der Waals surface area contributed by atoms with E-state index >= 15 is 0 Å². The van der Waals surface area contributed by atoms with Gasteiger partial charge in [0.2, 0.25) is 5.60 Å². The first-order chi connectivity index (χ1) is 15.7. The van der Waals surface area contributed by atoms with E-state index in [0.717, 1.165) is 22.6 Å². The average molecular weight is 478 g/mol. The Hall–Kier alpha value is -3.37. The average Bonchev–Trinajstić information content (AvgIpc) is 3.12. The van der Waals surface area contributed by atoms with Gasteiger partial charge in [-0.1, -0.05) is 12.2 Å². The lowest BCUT2D eigenvalue weighted by Crippen LogP contribution is -2.48. The van der Waals surface area contributed by atoms with E-state index in [1.165, 1.54) is 45.5 Å². The van der Waals surface area contributed by atoms with Crippen molar-refractivity contribution in [2.45, 2.75) is 23.8 Å². The lowest BCUT2D eigenvalue weighted by atomic mass is 9.98. The maximum absolute atomic E-state index is 13.2. The number of hydrogen-bond donors (Lipinski definition) is 1. The highest BCUT2D eigenvalue weighted by molar-refractivity contribution is 6.26. The number of phenols is 1. The number of allylic oxidation sites excluding steroid dienone is 2. The molecular formula is C22H24ClN3O7. The van der Waals surface area contributed by atoms with Crippen molar-refractivity contribution in [3.05, 3.63) is 47.6 Å². The van der Waals surface area contributed by atoms with E-state index in [4.69, 9.17) is 25.8 Å². The standard InChI is InChI=1S/C22H24ClN3O7/c1-25(20(29)26(21(30)32-3)15-6-8-16(27)9-7-15)24-18-17-10-5-14(23)11-13(17)12-22(18,33-4)19(28)31-2/h6-11,14,27H,5,12H2,1-4H3/b24-18-. The number of carbonyl (C=O) groups is 3. The van der Waals surface area contributed by atoms with Crippen LogP contribution in [-0.2, 0) is 19.0 Å². The molecule has 2 atom stereocenters. The second-order valence-corrected chi connectivity index (χ2v) is 7.90. The third kappa shape index (κ3) is 4.44. The maximum Gasteiger partial charge on any atom is 0.422 e. The van der Waals surface area contributed by atoms with Crippen molar-refractivity contribution in [2.24, 2.45) is 5.10 Å². The van der Waals surface area contributed by atoms with Crippen LogP contribution in [0.25, 0.3) is 0 Å². The summed E-state index contributed by atoms with van der Waals surface area (Å²) in [6, 6.07) is 4.53. The SMILES string of the molecule is COC(=O)N(C(=O)N(C)/N=C1/C2=CCC(Cl)C=C2CC1(OC)C(=O)OC)c1ccc(O)cc1. The predicted octanol–water partition coefficient (Wildman–Crippen LogP) is 3.20. The zero-order chi connectivity index (χ0) is 24.3. The van der Waals surface area contributed by atoms with Crippen LogP contribution in [0.15, 0.2) is 52.7 Å². The summed E-state index contributed by atoms with van der Waals surface area (Å²) in [6.45, 7) is 0. The van der Waals surface area contributed by atoms with Crippen LogP contribution >= 0.6 is 11.6 Å². The fourth-order valence-electron chi connectivity index (χ4n) is 3.75. The largest absolute Gasteiger partial charge is 0.508 e. The van der Waals surface area contributed by atoms with Crippen molar-refractivity contribution in [3.8, 4) is 5.75 Å². The Balaban J connectivity index is 2.06. The van der Waals surface area contributed by atoms with Crippen molar-refractivity contribution in [3.63, 3.8) is 0 Å². The number of esters is 1. The summed E-state index contributed by atoms with van der Waals surface area (Å²) in [5, 5.41) is 14.6. The third-order valence-electron chi connectivity index (χ3n) is 5.40. The van der Waals surface area contributed by atoms with Gasteiger partial charge in [-0.2, -0.15) is 10.0 Å². The van der Waals surface area contributed by atoms with Crippen LogP contribution in [0.4, 0.5) is 15.3 Å². The number of rotatable bonds is 4. The second kappa shape index (κ2) is 9.63. The molecule has 1 N–H and O–H groups in total. The number of carbonyl (C=O) groups excluding carboxylic acids is 3. The van der Waals surface area contributed by atoms with Gasteiger partial charge in [0, 0.05) is 26.2 Å². The van der Waals surface area contributed by atoms with Crippen molar-refractivity contribution >= 4 is 41.1 Å². The number of urea groups is 1. The lowest BCUT2D eigenvalue weighted by molar-refractivity contribution is -0.157. The van der Waals surface area contributed by atoms with E-state index in [1.54, 1.807) is 0 Å². The molecule has 0 aromatic heterocycles. The van der Waals surface area contributed by atoms with E-state index < -0.39 is 23.7 Å². The third-order valence-corrected chi connectivity index (χ3v) is 5.70. The predicted molar refractivity (Wildman–Crippen MR) is 120 cm³/mol. The van der Waals surface area contributed by atoms with Gasteiger partial charge in [0.25, 0.3) is 0 Å². The molecule has 1 aromatic carbocycles.